The fraction of sp³-hybridized carbons (Fsp3) is 0.857. The van der Waals surface area contributed by atoms with Crippen LogP contribution in [0.3, 0.4) is 0 Å². The molecule has 1 aliphatic carbocycles. The van der Waals surface area contributed by atoms with Gasteiger partial charge in [-0.3, -0.25) is 9.52 Å². The Morgan fingerprint density at radius 2 is 1.75 bits per heavy atom. The summed E-state index contributed by atoms with van der Waals surface area (Å²) >= 11 is 0. The molecule has 0 atom stereocenters. The maximum atomic E-state index is 11.3. The van der Waals surface area contributed by atoms with Crippen LogP contribution in [-0.4, -0.2) is 19.1 Å². The number of nitrogens with one attached hydrogen (secondary N) is 1. The first-order chi connectivity index (χ1) is 5.58. The fourth-order valence-electron chi connectivity index (χ4n) is 2.01. The van der Waals surface area contributed by atoms with E-state index in [1.54, 1.807) is 0 Å². The molecule has 0 aromatic rings. The van der Waals surface area contributed by atoms with Crippen molar-refractivity contribution >= 4 is 15.9 Å². The van der Waals surface area contributed by atoms with Gasteiger partial charge in [0.25, 0.3) is 5.91 Å². The number of carbonyl (C=O) groups is 1. The largest absolute Gasteiger partial charge is 0.272 e. The molecular formula is C7H11NO3S. The highest BCUT2D eigenvalue weighted by Crippen LogP contribution is 2.40. The molecule has 1 saturated heterocycles. The summed E-state index contributed by atoms with van der Waals surface area (Å²) in [5, 5.41) is 0. The third kappa shape index (κ3) is 0.772. The molecule has 5 heteroatoms. The van der Waals surface area contributed by atoms with Crippen LogP contribution in [0.5, 0.6) is 0 Å². The first kappa shape index (κ1) is 8.04. The molecule has 4 nitrogen and oxygen atoms in total. The maximum Gasteiger partial charge on any atom is 0.256 e. The topological polar surface area (TPSA) is 63.2 Å². The highest BCUT2D eigenvalue weighted by Gasteiger charge is 2.60. The van der Waals surface area contributed by atoms with E-state index in [2.05, 4.69) is 0 Å². The van der Waals surface area contributed by atoms with Gasteiger partial charge in [-0.25, -0.2) is 8.42 Å². The molecule has 2 rings (SSSR count). The van der Waals surface area contributed by atoms with E-state index < -0.39 is 14.8 Å². The molecule has 0 radical (unpaired) electrons. The van der Waals surface area contributed by atoms with Gasteiger partial charge in [0.05, 0.1) is 0 Å². The number of sulfonamides is 1. The van der Waals surface area contributed by atoms with Crippen molar-refractivity contribution in [3.8, 4) is 0 Å². The molecule has 0 bridgehead atoms. The van der Waals surface area contributed by atoms with Gasteiger partial charge in [-0.15, -0.1) is 0 Å². The second-order valence-corrected chi connectivity index (χ2v) is 5.48. The zero-order valence-corrected chi connectivity index (χ0v) is 7.49. The summed E-state index contributed by atoms with van der Waals surface area (Å²) in [4.78, 5) is 11.1. The van der Waals surface area contributed by atoms with Crippen LogP contribution in [0.25, 0.3) is 0 Å². The van der Waals surface area contributed by atoms with Crippen molar-refractivity contribution in [3.63, 3.8) is 0 Å². The lowest BCUT2D eigenvalue weighted by atomic mass is 9.87. The van der Waals surface area contributed by atoms with Crippen molar-refractivity contribution in [2.24, 2.45) is 0 Å². The Morgan fingerprint density at radius 3 is 2.08 bits per heavy atom. The summed E-state index contributed by atoms with van der Waals surface area (Å²) in [7, 11) is -3.29. The highest BCUT2D eigenvalue weighted by molar-refractivity contribution is 7.94. The number of carbonyl (C=O) groups excluding carboxylic acids is 1. The molecule has 12 heavy (non-hydrogen) atoms. The van der Waals surface area contributed by atoms with Gasteiger partial charge in [-0.1, -0.05) is 19.3 Å². The van der Waals surface area contributed by atoms with Gasteiger partial charge in [0.15, 0.2) is 4.75 Å². The molecule has 2 aliphatic rings. The molecule has 0 aromatic carbocycles. The Kier molecular flexibility index (Phi) is 1.49. The fourth-order valence-corrected chi connectivity index (χ4v) is 3.61. The van der Waals surface area contributed by atoms with Crippen LogP contribution >= 0.6 is 0 Å². The van der Waals surface area contributed by atoms with Crippen LogP contribution in [0, 0.1) is 0 Å². The van der Waals surface area contributed by atoms with Gasteiger partial charge in [0, 0.05) is 0 Å². The average molecular weight is 189 g/mol. The summed E-state index contributed by atoms with van der Waals surface area (Å²) in [5.74, 6) is -0.290. The number of hydrogen-bond donors (Lipinski definition) is 1. The van der Waals surface area contributed by atoms with E-state index in [0.717, 1.165) is 19.3 Å². The standard InChI is InChI=1S/C7H11NO3S/c9-6-7(12(10,11)8-6)4-2-1-3-5-7/h1-5H2,(H,8,9). The predicted molar refractivity (Wildman–Crippen MR) is 42.9 cm³/mol. The number of hydrogen-bond acceptors (Lipinski definition) is 3. The lowest BCUT2D eigenvalue weighted by molar-refractivity contribution is -0.125. The van der Waals surface area contributed by atoms with Gasteiger partial charge in [0.1, 0.15) is 0 Å². The van der Waals surface area contributed by atoms with Crippen molar-refractivity contribution < 1.29 is 13.2 Å². The highest BCUT2D eigenvalue weighted by atomic mass is 32.2. The van der Waals surface area contributed by atoms with E-state index in [1.807, 2.05) is 4.72 Å². The van der Waals surface area contributed by atoms with Gasteiger partial charge < -0.3 is 0 Å². The molecule has 1 aliphatic heterocycles. The van der Waals surface area contributed by atoms with Gasteiger partial charge in [0.2, 0.25) is 10.0 Å². The summed E-state index contributed by atoms with van der Waals surface area (Å²) in [5.41, 5.74) is 0. The monoisotopic (exact) mass is 189 g/mol. The van der Waals surface area contributed by atoms with E-state index >= 15 is 0 Å². The normalized spacial score (nSPS) is 30.8. The van der Waals surface area contributed by atoms with Gasteiger partial charge in [-0.05, 0) is 12.8 Å². The van der Waals surface area contributed by atoms with Gasteiger partial charge in [-0.2, -0.15) is 0 Å². The third-order valence-electron chi connectivity index (χ3n) is 2.82. The molecule has 2 fully saturated rings. The molecule has 1 spiro atoms. The van der Waals surface area contributed by atoms with Crippen molar-refractivity contribution in [2.45, 2.75) is 36.9 Å². The molecule has 1 amide bonds. The third-order valence-corrected chi connectivity index (χ3v) is 4.89. The van der Waals surface area contributed by atoms with Crippen LogP contribution in [0.15, 0.2) is 0 Å². The van der Waals surface area contributed by atoms with Crippen molar-refractivity contribution in [1.82, 2.24) is 4.72 Å². The van der Waals surface area contributed by atoms with Crippen LogP contribution in [-0.2, 0) is 14.8 Å². The van der Waals surface area contributed by atoms with Crippen LogP contribution in [0.4, 0.5) is 0 Å². The minimum absolute atomic E-state index is 0.290. The summed E-state index contributed by atoms with van der Waals surface area (Å²) in [6.07, 6.45) is 3.78. The summed E-state index contributed by atoms with van der Waals surface area (Å²) in [6, 6.07) is 0. The Bertz CT molecular complexity index is 314. The van der Waals surface area contributed by atoms with Crippen LogP contribution < -0.4 is 4.72 Å². The first-order valence-electron chi connectivity index (χ1n) is 4.15. The quantitative estimate of drug-likeness (QED) is 0.590. The summed E-state index contributed by atoms with van der Waals surface area (Å²) in [6.45, 7) is 0. The van der Waals surface area contributed by atoms with E-state index in [-0.39, 0.29) is 5.91 Å². The first-order valence-corrected chi connectivity index (χ1v) is 5.64. The molecular weight excluding hydrogens is 178 g/mol. The lowest BCUT2D eigenvalue weighted by Crippen LogP contribution is -2.69. The van der Waals surface area contributed by atoms with Crippen LogP contribution in [0.1, 0.15) is 32.1 Å². The second kappa shape index (κ2) is 2.22. The van der Waals surface area contributed by atoms with Crippen LogP contribution in [0.2, 0.25) is 0 Å². The average Bonchev–Trinajstić information content (AvgIpc) is 2.05. The predicted octanol–water partition coefficient (Wildman–Crippen LogP) is 0.149. The molecule has 1 heterocycles. The molecule has 1 N–H and O–H groups in total. The zero-order valence-electron chi connectivity index (χ0n) is 6.67. The number of rotatable bonds is 0. The van der Waals surface area contributed by atoms with E-state index in [1.165, 1.54) is 0 Å². The maximum absolute atomic E-state index is 11.3. The van der Waals surface area contributed by atoms with Gasteiger partial charge >= 0.3 is 0 Å². The molecule has 1 saturated carbocycles. The Balaban J connectivity index is 2.34. The Hall–Kier alpha value is -0.580. The molecule has 0 aromatic heterocycles. The molecule has 68 valence electrons. The van der Waals surface area contributed by atoms with Crippen molar-refractivity contribution in [2.75, 3.05) is 0 Å². The Morgan fingerprint density at radius 1 is 1.17 bits per heavy atom. The lowest BCUT2D eigenvalue weighted by Gasteiger charge is -2.41. The zero-order chi connectivity index (χ0) is 8.82. The minimum atomic E-state index is -3.29. The SMILES string of the molecule is O=C1NS(=O)(=O)C12CCCCC2. The number of amides is 1. The summed E-state index contributed by atoms with van der Waals surface area (Å²) < 4.78 is 23.5. The molecule has 0 unspecified atom stereocenters. The van der Waals surface area contributed by atoms with E-state index in [0.29, 0.717) is 12.8 Å². The Labute approximate surface area is 71.4 Å². The van der Waals surface area contributed by atoms with Crippen molar-refractivity contribution in [3.05, 3.63) is 0 Å². The van der Waals surface area contributed by atoms with E-state index in [9.17, 15) is 13.2 Å². The second-order valence-electron chi connectivity index (χ2n) is 3.49. The minimum Gasteiger partial charge on any atom is -0.272 e. The smallest absolute Gasteiger partial charge is 0.256 e. The van der Waals surface area contributed by atoms with E-state index in [4.69, 9.17) is 0 Å². The van der Waals surface area contributed by atoms with Crippen molar-refractivity contribution in [1.29, 1.82) is 0 Å².